The monoisotopic (exact) mass is 488 g/mol. The molecule has 6 nitrogen and oxygen atoms in total. The molecule has 0 atom stereocenters. The Morgan fingerprint density at radius 2 is 1.65 bits per heavy atom. The predicted molar refractivity (Wildman–Crippen MR) is 136 cm³/mol. The minimum atomic E-state index is -3.76. The van der Waals surface area contributed by atoms with Crippen LogP contribution in [-0.2, 0) is 22.8 Å². The highest BCUT2D eigenvalue weighted by Crippen LogP contribution is 2.34. The van der Waals surface area contributed by atoms with Gasteiger partial charge in [-0.3, -0.25) is 0 Å². The number of aryl methyl sites for hydroxylation is 2. The molecule has 0 saturated heterocycles. The van der Waals surface area contributed by atoms with Crippen molar-refractivity contribution in [2.75, 3.05) is 0 Å². The molecule has 0 aliphatic rings. The zero-order chi connectivity index (χ0) is 23.9. The van der Waals surface area contributed by atoms with Crippen molar-refractivity contribution in [3.63, 3.8) is 0 Å². The molecule has 0 aliphatic carbocycles. The number of nitrogens with zero attached hydrogens (tertiary/aromatic N) is 4. The van der Waals surface area contributed by atoms with Crippen molar-refractivity contribution >= 4 is 32.7 Å². The lowest BCUT2D eigenvalue weighted by Crippen LogP contribution is -2.11. The second kappa shape index (κ2) is 8.77. The molecule has 34 heavy (non-hydrogen) atoms. The van der Waals surface area contributed by atoms with Crippen LogP contribution in [0.25, 0.3) is 22.3 Å². The lowest BCUT2D eigenvalue weighted by molar-refractivity contribution is 0.589. The first kappa shape index (κ1) is 22.4. The van der Waals surface area contributed by atoms with Crippen LogP contribution in [0.5, 0.6) is 0 Å². The Kier molecular flexibility index (Phi) is 5.79. The number of thioether (sulfide) groups is 1. The Balaban J connectivity index is 1.55. The zero-order valence-electron chi connectivity index (χ0n) is 19.1. The van der Waals surface area contributed by atoms with Crippen molar-refractivity contribution in [3.8, 4) is 11.4 Å². The Morgan fingerprint density at radius 1 is 0.912 bits per heavy atom. The molecule has 0 aliphatic heterocycles. The van der Waals surface area contributed by atoms with Crippen LogP contribution in [0.15, 0.2) is 89.0 Å². The van der Waals surface area contributed by atoms with Gasteiger partial charge in [-0.15, -0.1) is 10.2 Å². The van der Waals surface area contributed by atoms with E-state index in [9.17, 15) is 8.42 Å². The largest absolute Gasteiger partial charge is 0.305 e. The van der Waals surface area contributed by atoms with E-state index in [1.165, 1.54) is 20.7 Å². The highest BCUT2D eigenvalue weighted by atomic mass is 32.2. The Hall–Kier alpha value is -3.36. The van der Waals surface area contributed by atoms with E-state index in [0.717, 1.165) is 21.9 Å². The van der Waals surface area contributed by atoms with E-state index in [4.69, 9.17) is 0 Å². The van der Waals surface area contributed by atoms with Gasteiger partial charge in [-0.05, 0) is 43.2 Å². The van der Waals surface area contributed by atoms with Crippen LogP contribution in [0, 0.1) is 13.8 Å². The topological polar surface area (TPSA) is 69.8 Å². The summed E-state index contributed by atoms with van der Waals surface area (Å²) in [6, 6.07) is 22.4. The fourth-order valence-corrected chi connectivity index (χ4v) is 6.37. The predicted octanol–water partition coefficient (Wildman–Crippen LogP) is 5.58. The van der Waals surface area contributed by atoms with Crippen LogP contribution in [-0.4, -0.2) is 27.2 Å². The highest BCUT2D eigenvalue weighted by Gasteiger charge is 2.24. The van der Waals surface area contributed by atoms with E-state index in [1.54, 1.807) is 48.3 Å². The standard InChI is InChI=1S/C26H24N4O2S2/c1-18-13-14-19(2)20(15-18)17-33-26-28-27-25(29(26)3)23-16-30(24-12-8-7-11-22(23)24)34(31,32)21-9-5-4-6-10-21/h4-16H,17H2,1-3H3. The van der Waals surface area contributed by atoms with Gasteiger partial charge in [-0.1, -0.05) is 71.9 Å². The number of fused-ring (bicyclic) bond motifs is 1. The molecule has 0 amide bonds. The van der Waals surface area contributed by atoms with Gasteiger partial charge in [0.05, 0.1) is 10.4 Å². The van der Waals surface area contributed by atoms with Crippen LogP contribution in [0.1, 0.15) is 16.7 Å². The normalized spacial score (nSPS) is 11.9. The second-order valence-corrected chi connectivity index (χ2v) is 11.0. The number of benzene rings is 3. The highest BCUT2D eigenvalue weighted by molar-refractivity contribution is 7.98. The van der Waals surface area contributed by atoms with Crippen molar-refractivity contribution < 1.29 is 8.42 Å². The average Bonchev–Trinajstić information content (AvgIpc) is 3.41. The molecule has 172 valence electrons. The van der Waals surface area contributed by atoms with Crippen LogP contribution < -0.4 is 0 Å². The van der Waals surface area contributed by atoms with Crippen molar-refractivity contribution in [2.24, 2.45) is 7.05 Å². The summed E-state index contributed by atoms with van der Waals surface area (Å²) in [4.78, 5) is 0.241. The smallest absolute Gasteiger partial charge is 0.268 e. The Bertz CT molecular complexity index is 1600. The lowest BCUT2D eigenvalue weighted by Gasteiger charge is -2.07. The maximum Gasteiger partial charge on any atom is 0.268 e. The van der Waals surface area contributed by atoms with Crippen molar-refractivity contribution in [2.45, 2.75) is 29.7 Å². The third-order valence-corrected chi connectivity index (χ3v) is 8.67. The molecule has 2 aromatic heterocycles. The summed E-state index contributed by atoms with van der Waals surface area (Å²) in [6.07, 6.45) is 1.65. The second-order valence-electron chi connectivity index (χ2n) is 8.26. The van der Waals surface area contributed by atoms with Gasteiger partial charge in [0, 0.05) is 29.9 Å². The SMILES string of the molecule is Cc1ccc(C)c(CSc2nnc(-c3cn(S(=O)(=O)c4ccccc4)c4ccccc34)n2C)c1. The number of hydrogen-bond acceptors (Lipinski definition) is 5. The summed E-state index contributed by atoms with van der Waals surface area (Å²) in [6.45, 7) is 4.20. The molecule has 0 radical (unpaired) electrons. The molecule has 0 saturated carbocycles. The van der Waals surface area contributed by atoms with Gasteiger partial charge < -0.3 is 4.57 Å². The maximum absolute atomic E-state index is 13.4. The Labute approximate surface area is 203 Å². The number of para-hydroxylation sites is 1. The molecule has 5 rings (SSSR count). The van der Waals surface area contributed by atoms with E-state index >= 15 is 0 Å². The molecule has 5 aromatic rings. The Morgan fingerprint density at radius 3 is 2.44 bits per heavy atom. The number of rotatable bonds is 6. The third kappa shape index (κ3) is 3.93. The zero-order valence-corrected chi connectivity index (χ0v) is 20.8. The average molecular weight is 489 g/mol. The molecule has 2 heterocycles. The van der Waals surface area contributed by atoms with E-state index < -0.39 is 10.0 Å². The van der Waals surface area contributed by atoms with Gasteiger partial charge in [0.25, 0.3) is 10.0 Å². The van der Waals surface area contributed by atoms with Crippen molar-refractivity contribution in [1.82, 2.24) is 18.7 Å². The summed E-state index contributed by atoms with van der Waals surface area (Å²) in [7, 11) is -1.84. The maximum atomic E-state index is 13.4. The van der Waals surface area contributed by atoms with Crippen LogP contribution >= 0.6 is 11.8 Å². The molecule has 0 spiro atoms. The number of aromatic nitrogens is 4. The van der Waals surface area contributed by atoms with Crippen LogP contribution in [0.2, 0.25) is 0 Å². The van der Waals surface area contributed by atoms with Gasteiger partial charge in [0.15, 0.2) is 11.0 Å². The number of hydrogen-bond donors (Lipinski definition) is 0. The van der Waals surface area contributed by atoms with Crippen LogP contribution in [0.3, 0.4) is 0 Å². The van der Waals surface area contributed by atoms with Gasteiger partial charge in [0.1, 0.15) is 0 Å². The minimum Gasteiger partial charge on any atom is -0.305 e. The van der Waals surface area contributed by atoms with Crippen molar-refractivity contribution in [1.29, 1.82) is 0 Å². The fourth-order valence-electron chi connectivity index (χ4n) is 4.01. The molecule has 0 bridgehead atoms. The van der Waals surface area contributed by atoms with Crippen LogP contribution in [0.4, 0.5) is 0 Å². The van der Waals surface area contributed by atoms with Gasteiger partial charge in [-0.2, -0.15) is 0 Å². The van der Waals surface area contributed by atoms with Gasteiger partial charge in [0.2, 0.25) is 0 Å². The molecule has 0 unspecified atom stereocenters. The summed E-state index contributed by atoms with van der Waals surface area (Å²) in [5.41, 5.74) is 5.07. The summed E-state index contributed by atoms with van der Waals surface area (Å²) in [5.74, 6) is 1.41. The lowest BCUT2D eigenvalue weighted by atomic mass is 10.1. The van der Waals surface area contributed by atoms with Crippen molar-refractivity contribution in [3.05, 3.63) is 95.7 Å². The summed E-state index contributed by atoms with van der Waals surface area (Å²) < 4.78 is 30.1. The third-order valence-electron chi connectivity index (χ3n) is 5.92. The first-order valence-corrected chi connectivity index (χ1v) is 13.3. The summed E-state index contributed by atoms with van der Waals surface area (Å²) >= 11 is 1.62. The molecular formula is C26H24N4O2S2. The minimum absolute atomic E-state index is 0.241. The van der Waals surface area contributed by atoms with E-state index in [0.29, 0.717) is 11.3 Å². The molecular weight excluding hydrogens is 464 g/mol. The first-order chi connectivity index (χ1) is 16.4. The molecule has 0 fully saturated rings. The van der Waals surface area contributed by atoms with E-state index in [1.807, 2.05) is 35.9 Å². The van der Waals surface area contributed by atoms with Gasteiger partial charge >= 0.3 is 0 Å². The first-order valence-electron chi connectivity index (χ1n) is 10.9. The molecule has 3 aromatic carbocycles. The quantitative estimate of drug-likeness (QED) is 0.292. The molecule has 0 N–H and O–H groups in total. The van der Waals surface area contributed by atoms with Gasteiger partial charge in [-0.25, -0.2) is 12.4 Å². The fraction of sp³-hybridized carbons (Fsp3) is 0.154. The van der Waals surface area contributed by atoms with E-state index in [2.05, 4.69) is 42.2 Å². The molecule has 8 heteroatoms. The summed E-state index contributed by atoms with van der Waals surface area (Å²) in [5, 5.41) is 10.4. The van der Waals surface area contributed by atoms with E-state index in [-0.39, 0.29) is 4.90 Å².